The third kappa shape index (κ3) is 1.77. The van der Waals surface area contributed by atoms with E-state index in [0.29, 0.717) is 17.0 Å². The van der Waals surface area contributed by atoms with Gasteiger partial charge in [0, 0.05) is 22.3 Å². The van der Waals surface area contributed by atoms with Gasteiger partial charge in [0.15, 0.2) is 0 Å². The van der Waals surface area contributed by atoms with Gasteiger partial charge in [-0.05, 0) is 27.7 Å². The summed E-state index contributed by atoms with van der Waals surface area (Å²) in [4.78, 5) is 31.8. The van der Waals surface area contributed by atoms with E-state index >= 15 is 0 Å². The SMILES string of the molecule is Cc1nc2c(C)c3nc4c(nc3c(C)c2nc1C)-c1ccccc1C4=O. The topological polar surface area (TPSA) is 68.6 Å². The van der Waals surface area contributed by atoms with Crippen LogP contribution in [0, 0.1) is 27.7 Å². The van der Waals surface area contributed by atoms with Crippen molar-refractivity contribution >= 4 is 27.9 Å². The van der Waals surface area contributed by atoms with Crippen molar-refractivity contribution in [1.29, 1.82) is 0 Å². The first-order valence-electron chi connectivity index (χ1n) is 8.57. The maximum atomic E-state index is 12.8. The van der Waals surface area contributed by atoms with Crippen molar-refractivity contribution in [3.8, 4) is 11.3 Å². The van der Waals surface area contributed by atoms with Crippen molar-refractivity contribution in [2.24, 2.45) is 0 Å². The molecule has 0 unspecified atom stereocenters. The lowest BCUT2D eigenvalue weighted by molar-refractivity contribution is 0.103. The molecule has 5 rings (SSSR count). The van der Waals surface area contributed by atoms with Gasteiger partial charge in [0.2, 0.25) is 5.78 Å². The van der Waals surface area contributed by atoms with Crippen LogP contribution in [0.15, 0.2) is 24.3 Å². The lowest BCUT2D eigenvalue weighted by Gasteiger charge is -2.12. The molecule has 0 spiro atoms. The summed E-state index contributed by atoms with van der Waals surface area (Å²) in [6, 6.07) is 7.55. The molecule has 2 aromatic heterocycles. The molecule has 2 heterocycles. The van der Waals surface area contributed by atoms with E-state index in [4.69, 9.17) is 19.9 Å². The van der Waals surface area contributed by atoms with Crippen LogP contribution in [0.4, 0.5) is 0 Å². The normalized spacial score (nSPS) is 12.7. The Morgan fingerprint density at radius 2 is 1.08 bits per heavy atom. The van der Waals surface area contributed by atoms with E-state index in [1.165, 1.54) is 0 Å². The Labute approximate surface area is 150 Å². The van der Waals surface area contributed by atoms with Gasteiger partial charge in [-0.1, -0.05) is 24.3 Å². The van der Waals surface area contributed by atoms with Crippen molar-refractivity contribution in [1.82, 2.24) is 19.9 Å². The number of carbonyl (C=O) groups excluding carboxylic acids is 1. The van der Waals surface area contributed by atoms with E-state index < -0.39 is 0 Å². The lowest BCUT2D eigenvalue weighted by atomic mass is 10.0. The molecule has 0 saturated carbocycles. The molecule has 0 bridgehead atoms. The monoisotopic (exact) mass is 340 g/mol. The van der Waals surface area contributed by atoms with E-state index in [1.54, 1.807) is 0 Å². The molecule has 5 nitrogen and oxygen atoms in total. The summed E-state index contributed by atoms with van der Waals surface area (Å²) in [6.07, 6.45) is 0. The largest absolute Gasteiger partial charge is 0.287 e. The van der Waals surface area contributed by atoms with Crippen LogP contribution in [0.2, 0.25) is 0 Å². The Bertz CT molecular complexity index is 1290. The standard InChI is InChI=1S/C21H16N4O/c1-9-15-16(23-12(4)11(3)22-15)10(2)18-17(9)24-19-13-7-5-6-8-14(13)21(26)20(19)25-18/h5-8H,1-4H3. The minimum atomic E-state index is -0.0617. The fourth-order valence-electron chi connectivity index (χ4n) is 3.67. The van der Waals surface area contributed by atoms with E-state index in [2.05, 4.69) is 0 Å². The number of hydrogen-bond acceptors (Lipinski definition) is 5. The van der Waals surface area contributed by atoms with Crippen molar-refractivity contribution in [3.63, 3.8) is 0 Å². The number of carbonyl (C=O) groups is 1. The van der Waals surface area contributed by atoms with E-state index in [1.807, 2.05) is 52.0 Å². The number of benzene rings is 2. The number of aryl methyl sites for hydroxylation is 4. The Balaban J connectivity index is 1.96. The van der Waals surface area contributed by atoms with Crippen LogP contribution in [-0.4, -0.2) is 25.7 Å². The summed E-state index contributed by atoms with van der Waals surface area (Å²) in [5.41, 5.74) is 9.48. The van der Waals surface area contributed by atoms with Gasteiger partial charge in [0.25, 0.3) is 0 Å². The Morgan fingerprint density at radius 1 is 0.615 bits per heavy atom. The van der Waals surface area contributed by atoms with Crippen molar-refractivity contribution in [2.45, 2.75) is 27.7 Å². The molecule has 0 aliphatic heterocycles. The summed E-state index contributed by atoms with van der Waals surface area (Å²) < 4.78 is 0. The first-order valence-corrected chi connectivity index (χ1v) is 8.57. The van der Waals surface area contributed by atoms with Crippen molar-refractivity contribution < 1.29 is 4.79 Å². The van der Waals surface area contributed by atoms with E-state index in [-0.39, 0.29) is 5.78 Å². The van der Waals surface area contributed by atoms with Gasteiger partial charge in [-0.3, -0.25) is 4.79 Å². The molecular weight excluding hydrogens is 324 g/mol. The summed E-state index contributed by atoms with van der Waals surface area (Å²) in [5, 5.41) is 0. The molecule has 4 aromatic rings. The predicted molar refractivity (Wildman–Crippen MR) is 100 cm³/mol. The zero-order chi connectivity index (χ0) is 18.2. The highest BCUT2D eigenvalue weighted by molar-refractivity contribution is 6.20. The van der Waals surface area contributed by atoms with Gasteiger partial charge in [-0.25, -0.2) is 19.9 Å². The molecule has 2 aromatic carbocycles. The maximum Gasteiger partial charge on any atom is 0.214 e. The fraction of sp³-hybridized carbons (Fsp3) is 0.190. The molecule has 0 N–H and O–H groups in total. The number of fused-ring (bicyclic) bond motifs is 5. The summed E-state index contributed by atoms with van der Waals surface area (Å²) >= 11 is 0. The third-order valence-corrected chi connectivity index (χ3v) is 5.27. The van der Waals surface area contributed by atoms with Gasteiger partial charge < -0.3 is 0 Å². The molecule has 0 fully saturated rings. The number of aromatic nitrogens is 4. The molecule has 5 heteroatoms. The minimum absolute atomic E-state index is 0.0617. The molecule has 126 valence electrons. The Kier molecular flexibility index (Phi) is 2.85. The lowest BCUT2D eigenvalue weighted by Crippen LogP contribution is -2.04. The summed E-state index contributed by atoms with van der Waals surface area (Å²) in [5.74, 6) is -0.0617. The van der Waals surface area contributed by atoms with Crippen molar-refractivity contribution in [3.05, 3.63) is 58.0 Å². The Morgan fingerprint density at radius 3 is 1.65 bits per heavy atom. The Hall–Kier alpha value is -3.21. The number of rotatable bonds is 0. The molecule has 0 saturated heterocycles. The molecular formula is C21H16N4O. The average Bonchev–Trinajstić information content (AvgIpc) is 2.93. The van der Waals surface area contributed by atoms with Gasteiger partial charge >= 0.3 is 0 Å². The van der Waals surface area contributed by atoms with Crippen LogP contribution in [0.25, 0.3) is 33.3 Å². The smallest absolute Gasteiger partial charge is 0.214 e. The molecule has 0 atom stereocenters. The van der Waals surface area contributed by atoms with Crippen LogP contribution < -0.4 is 0 Å². The number of hydrogen-bond donors (Lipinski definition) is 0. The predicted octanol–water partition coefficient (Wildman–Crippen LogP) is 4.02. The molecule has 1 aliphatic rings. The van der Waals surface area contributed by atoms with Gasteiger partial charge in [-0.2, -0.15) is 0 Å². The first-order chi connectivity index (χ1) is 12.5. The molecule has 0 amide bonds. The summed E-state index contributed by atoms with van der Waals surface area (Å²) in [7, 11) is 0. The van der Waals surface area contributed by atoms with E-state index in [0.717, 1.165) is 50.1 Å². The molecule has 26 heavy (non-hydrogen) atoms. The van der Waals surface area contributed by atoms with Crippen LogP contribution in [0.5, 0.6) is 0 Å². The highest BCUT2D eigenvalue weighted by Gasteiger charge is 2.30. The van der Waals surface area contributed by atoms with E-state index in [9.17, 15) is 4.79 Å². The second kappa shape index (κ2) is 4.91. The van der Waals surface area contributed by atoms with Crippen LogP contribution in [0.3, 0.4) is 0 Å². The maximum absolute atomic E-state index is 12.8. The second-order valence-corrected chi connectivity index (χ2v) is 6.83. The zero-order valence-electron chi connectivity index (χ0n) is 15.0. The second-order valence-electron chi connectivity index (χ2n) is 6.83. The molecule has 0 radical (unpaired) electrons. The van der Waals surface area contributed by atoms with Crippen LogP contribution in [0.1, 0.15) is 38.6 Å². The number of nitrogens with zero attached hydrogens (tertiary/aromatic N) is 4. The number of ketones is 1. The quantitative estimate of drug-likeness (QED) is 0.398. The van der Waals surface area contributed by atoms with Gasteiger partial charge in [0.1, 0.15) is 11.4 Å². The summed E-state index contributed by atoms with van der Waals surface area (Å²) in [6.45, 7) is 7.89. The van der Waals surface area contributed by atoms with Crippen LogP contribution >= 0.6 is 0 Å². The van der Waals surface area contributed by atoms with Gasteiger partial charge in [0.05, 0.1) is 33.5 Å². The fourth-order valence-corrected chi connectivity index (χ4v) is 3.67. The minimum Gasteiger partial charge on any atom is -0.287 e. The highest BCUT2D eigenvalue weighted by atomic mass is 16.1. The zero-order valence-corrected chi connectivity index (χ0v) is 15.0. The van der Waals surface area contributed by atoms with Crippen molar-refractivity contribution in [2.75, 3.05) is 0 Å². The molecule has 1 aliphatic carbocycles. The average molecular weight is 340 g/mol. The first kappa shape index (κ1) is 15.1. The van der Waals surface area contributed by atoms with Crippen LogP contribution in [-0.2, 0) is 0 Å². The third-order valence-electron chi connectivity index (χ3n) is 5.27. The highest BCUT2D eigenvalue weighted by Crippen LogP contribution is 2.37. The van der Waals surface area contributed by atoms with Gasteiger partial charge in [-0.15, -0.1) is 0 Å².